The first-order chi connectivity index (χ1) is 9.22. The molecule has 0 saturated carbocycles. The number of ether oxygens (including phenoxy) is 2. The van der Waals surface area contributed by atoms with Crippen LogP contribution >= 0.6 is 15.6 Å². The van der Waals surface area contributed by atoms with Crippen molar-refractivity contribution < 1.29 is 51.3 Å². The molecule has 11 nitrogen and oxygen atoms in total. The quantitative estimate of drug-likeness (QED) is 0.338. The Morgan fingerprint density at radius 2 is 1.20 bits per heavy atom. The summed E-state index contributed by atoms with van der Waals surface area (Å²) in [4.78, 5) is 28.8. The molecule has 2 N–H and O–H groups in total. The van der Waals surface area contributed by atoms with Crippen LogP contribution in [-0.2, 0) is 36.7 Å². The van der Waals surface area contributed by atoms with Crippen LogP contribution in [0, 0.1) is 0 Å². The predicted molar refractivity (Wildman–Crippen MR) is 62.4 cm³/mol. The Bertz CT molecular complexity index is 349. The highest BCUT2D eigenvalue weighted by Gasteiger charge is 2.22. The minimum atomic E-state index is -4.28. The van der Waals surface area contributed by atoms with E-state index >= 15 is 0 Å². The largest absolute Gasteiger partial charge is 0.512 e. The molecule has 0 radical (unpaired) electrons. The van der Waals surface area contributed by atoms with Gasteiger partial charge < -0.3 is 19.3 Å². The molecule has 0 heterocycles. The van der Waals surface area contributed by atoms with E-state index in [9.17, 15) is 13.9 Å². The summed E-state index contributed by atoms with van der Waals surface area (Å²) < 4.78 is 47.4. The van der Waals surface area contributed by atoms with Crippen LogP contribution in [0.25, 0.3) is 0 Å². The Balaban J connectivity index is 3.80. The number of carbonyl (C=O) groups excluding carboxylic acids is 1. The lowest BCUT2D eigenvalue weighted by molar-refractivity contribution is -0.0396. The molecule has 120 valence electrons. The molecule has 0 aliphatic carbocycles. The van der Waals surface area contributed by atoms with Crippen LogP contribution in [0.15, 0.2) is 0 Å². The van der Waals surface area contributed by atoms with E-state index in [1.54, 1.807) is 0 Å². The molecule has 0 aromatic carbocycles. The lowest BCUT2D eigenvalue weighted by atomic mass is 10.9. The number of rotatable bonds is 10. The van der Waals surface area contributed by atoms with Crippen molar-refractivity contribution in [2.75, 3.05) is 26.8 Å². The van der Waals surface area contributed by atoms with Gasteiger partial charge in [0.15, 0.2) is 0 Å². The van der Waals surface area contributed by atoms with Crippen LogP contribution < -0.4 is 0 Å². The maximum Gasteiger partial charge on any atom is 0.512 e. The molecule has 0 spiro atoms. The van der Waals surface area contributed by atoms with E-state index < -0.39 is 35.4 Å². The highest BCUT2D eigenvalue weighted by Crippen LogP contribution is 2.43. The second-order valence-corrected chi connectivity index (χ2v) is 5.71. The van der Waals surface area contributed by atoms with Gasteiger partial charge >= 0.3 is 21.8 Å². The maximum absolute atomic E-state index is 11.0. The Hall–Kier alpha value is -0.510. The summed E-state index contributed by atoms with van der Waals surface area (Å²) in [6, 6.07) is 0. The van der Waals surface area contributed by atoms with Gasteiger partial charge in [0.05, 0.1) is 13.2 Å². The first-order valence-corrected chi connectivity index (χ1v) is 8.24. The minimum Gasteiger partial charge on any atom is -0.406 e. The highest BCUT2D eigenvalue weighted by molar-refractivity contribution is 7.47. The van der Waals surface area contributed by atoms with Crippen molar-refractivity contribution in [1.29, 1.82) is 0 Å². The molecule has 20 heavy (non-hydrogen) atoms. The molecule has 0 aromatic rings. The first-order valence-electron chi connectivity index (χ1n) is 5.25. The van der Waals surface area contributed by atoms with Gasteiger partial charge in [-0.05, 0) is 13.8 Å². The Labute approximate surface area is 114 Å². The van der Waals surface area contributed by atoms with Crippen molar-refractivity contribution in [3.63, 3.8) is 0 Å². The van der Waals surface area contributed by atoms with Gasteiger partial charge in [0.1, 0.15) is 0 Å². The highest BCUT2D eigenvalue weighted by atomic mass is 31.2. The number of hydrogen-bond donors (Lipinski definition) is 2. The first kappa shape index (κ1) is 19.5. The normalized spacial score (nSPS) is 17.0. The van der Waals surface area contributed by atoms with Crippen LogP contribution in [0.4, 0.5) is 4.79 Å². The fourth-order valence-electron chi connectivity index (χ4n) is 0.725. The second kappa shape index (κ2) is 9.43. The smallest absolute Gasteiger partial charge is 0.406 e. The van der Waals surface area contributed by atoms with Crippen molar-refractivity contribution in [1.82, 2.24) is 0 Å². The zero-order valence-corrected chi connectivity index (χ0v) is 12.6. The SMILES string of the molecule is CCOP(=O)(O)OCOC(=O)OCOP(=O)(O)OCC. The van der Waals surface area contributed by atoms with E-state index in [1.807, 2.05) is 0 Å². The summed E-state index contributed by atoms with van der Waals surface area (Å²) in [6.07, 6.45) is -1.35. The van der Waals surface area contributed by atoms with Crippen molar-refractivity contribution >= 4 is 21.8 Å². The van der Waals surface area contributed by atoms with Crippen LogP contribution in [0.2, 0.25) is 0 Å². The molecule has 0 bridgehead atoms. The van der Waals surface area contributed by atoms with Crippen LogP contribution in [0.1, 0.15) is 13.8 Å². The van der Waals surface area contributed by atoms with E-state index in [0.717, 1.165) is 0 Å². The van der Waals surface area contributed by atoms with Gasteiger partial charge in [0.2, 0.25) is 13.6 Å². The molecular weight excluding hydrogens is 322 g/mol. The average molecular weight is 338 g/mol. The van der Waals surface area contributed by atoms with Gasteiger partial charge in [-0.3, -0.25) is 9.05 Å². The fraction of sp³-hybridized carbons (Fsp3) is 0.857. The molecule has 0 amide bonds. The summed E-state index contributed by atoms with van der Waals surface area (Å²) in [7, 11) is -8.56. The number of carbonyl (C=O) groups is 1. The molecule has 0 aromatic heterocycles. The van der Waals surface area contributed by atoms with Crippen molar-refractivity contribution in [2.45, 2.75) is 13.8 Å². The molecule has 0 fully saturated rings. The van der Waals surface area contributed by atoms with Crippen molar-refractivity contribution in [2.24, 2.45) is 0 Å². The number of phosphoric acid groups is 2. The molecule has 0 rings (SSSR count). The van der Waals surface area contributed by atoms with E-state index in [4.69, 9.17) is 9.79 Å². The second-order valence-electron chi connectivity index (χ2n) is 2.81. The number of phosphoric ester groups is 2. The van der Waals surface area contributed by atoms with Gasteiger partial charge in [-0.2, -0.15) is 0 Å². The summed E-state index contributed by atoms with van der Waals surface area (Å²) in [5.74, 6) is 0. The lowest BCUT2D eigenvalue weighted by Gasteiger charge is -2.12. The Morgan fingerprint density at radius 1 is 0.850 bits per heavy atom. The van der Waals surface area contributed by atoms with E-state index in [1.165, 1.54) is 13.8 Å². The maximum atomic E-state index is 11.0. The number of hydrogen-bond acceptors (Lipinski definition) is 9. The monoisotopic (exact) mass is 338 g/mol. The van der Waals surface area contributed by atoms with Crippen molar-refractivity contribution in [3.8, 4) is 0 Å². The van der Waals surface area contributed by atoms with Crippen LogP contribution in [0.5, 0.6) is 0 Å². The van der Waals surface area contributed by atoms with Crippen molar-refractivity contribution in [3.05, 3.63) is 0 Å². The molecule has 2 unspecified atom stereocenters. The van der Waals surface area contributed by atoms with E-state index in [-0.39, 0.29) is 13.2 Å². The molecular formula is C7H16O11P2. The molecule has 0 aliphatic heterocycles. The average Bonchev–Trinajstić information content (AvgIpc) is 2.27. The molecule has 13 heteroatoms. The van der Waals surface area contributed by atoms with Gasteiger partial charge in [-0.25, -0.2) is 23.0 Å². The standard InChI is InChI=1S/C7H16O11P2/c1-3-15-19(9,10)17-5-13-7(8)14-6-18-20(11,12)16-4-2/h3-6H2,1-2H3,(H,9,10)(H,11,12). The zero-order chi connectivity index (χ0) is 15.6. The molecule has 0 saturated heterocycles. The third-order valence-corrected chi connectivity index (χ3v) is 3.40. The molecule has 0 aliphatic rings. The summed E-state index contributed by atoms with van der Waals surface area (Å²) in [5.41, 5.74) is 0. The Kier molecular flexibility index (Phi) is 9.19. The van der Waals surface area contributed by atoms with Gasteiger partial charge in [-0.1, -0.05) is 0 Å². The van der Waals surface area contributed by atoms with Gasteiger partial charge in [0.25, 0.3) is 0 Å². The van der Waals surface area contributed by atoms with Crippen LogP contribution in [-0.4, -0.2) is 42.7 Å². The summed E-state index contributed by atoms with van der Waals surface area (Å²) >= 11 is 0. The van der Waals surface area contributed by atoms with E-state index in [2.05, 4.69) is 27.6 Å². The van der Waals surface area contributed by atoms with Gasteiger partial charge in [0, 0.05) is 0 Å². The minimum absolute atomic E-state index is 0.0741. The summed E-state index contributed by atoms with van der Waals surface area (Å²) in [6.45, 7) is 0.961. The summed E-state index contributed by atoms with van der Waals surface area (Å²) in [5, 5.41) is 0. The Morgan fingerprint density at radius 3 is 1.50 bits per heavy atom. The third kappa shape index (κ3) is 10.3. The van der Waals surface area contributed by atoms with E-state index in [0.29, 0.717) is 0 Å². The lowest BCUT2D eigenvalue weighted by Crippen LogP contribution is -2.12. The fourth-order valence-corrected chi connectivity index (χ4v) is 1.90. The topological polar surface area (TPSA) is 147 Å². The molecule has 2 atom stereocenters. The third-order valence-electron chi connectivity index (χ3n) is 1.37. The zero-order valence-electron chi connectivity index (χ0n) is 10.8. The van der Waals surface area contributed by atoms with Gasteiger partial charge in [-0.15, -0.1) is 0 Å². The predicted octanol–water partition coefficient (Wildman–Crippen LogP) is 1.36. The van der Waals surface area contributed by atoms with Crippen LogP contribution in [0.3, 0.4) is 0 Å².